The van der Waals surface area contributed by atoms with Crippen molar-refractivity contribution < 1.29 is 9.53 Å². The van der Waals surface area contributed by atoms with E-state index in [9.17, 15) is 4.79 Å². The molecule has 1 aromatic carbocycles. The van der Waals surface area contributed by atoms with Crippen molar-refractivity contribution in [2.75, 3.05) is 12.4 Å². The van der Waals surface area contributed by atoms with Crippen molar-refractivity contribution in [1.82, 2.24) is 0 Å². The average molecular weight is 278 g/mol. The van der Waals surface area contributed by atoms with Gasteiger partial charge in [-0.05, 0) is 37.5 Å². The fourth-order valence-electron chi connectivity index (χ4n) is 2.28. The van der Waals surface area contributed by atoms with E-state index in [4.69, 9.17) is 22.7 Å². The van der Waals surface area contributed by atoms with Crippen LogP contribution >= 0.6 is 12.2 Å². The molecule has 0 atom stereocenters. The van der Waals surface area contributed by atoms with Gasteiger partial charge < -0.3 is 15.8 Å². The quantitative estimate of drug-likeness (QED) is 0.830. The van der Waals surface area contributed by atoms with Gasteiger partial charge in [0.25, 0.3) is 0 Å². The van der Waals surface area contributed by atoms with Crippen molar-refractivity contribution >= 4 is 28.8 Å². The zero-order chi connectivity index (χ0) is 14.0. The number of methoxy groups -OCH3 is 1. The third-order valence-corrected chi connectivity index (χ3v) is 4.11. The van der Waals surface area contributed by atoms with E-state index in [1.54, 1.807) is 7.11 Å². The summed E-state index contributed by atoms with van der Waals surface area (Å²) in [6.07, 6.45) is 2.43. The number of anilines is 1. The van der Waals surface area contributed by atoms with E-state index in [2.05, 4.69) is 5.32 Å². The first-order chi connectivity index (χ1) is 8.99. The molecule has 4 nitrogen and oxygen atoms in total. The Morgan fingerprint density at radius 2 is 2.16 bits per heavy atom. The highest BCUT2D eigenvalue weighted by Gasteiger charge is 2.47. The Hall–Kier alpha value is -1.62. The average Bonchev–Trinajstić information content (AvgIpc) is 2.27. The molecule has 3 N–H and O–H groups in total. The molecule has 0 aromatic heterocycles. The zero-order valence-corrected chi connectivity index (χ0v) is 12.0. The summed E-state index contributed by atoms with van der Waals surface area (Å²) < 4.78 is 5.25. The number of carbonyl (C=O) groups is 1. The largest absolute Gasteiger partial charge is 0.495 e. The molecule has 0 heterocycles. The Labute approximate surface area is 118 Å². The first-order valence-electron chi connectivity index (χ1n) is 6.25. The van der Waals surface area contributed by atoms with Crippen LogP contribution in [0.5, 0.6) is 5.75 Å². The number of nitrogens with one attached hydrogen (secondary N) is 1. The highest BCUT2D eigenvalue weighted by atomic mass is 32.1. The minimum Gasteiger partial charge on any atom is -0.495 e. The van der Waals surface area contributed by atoms with Gasteiger partial charge in [0.05, 0.1) is 23.2 Å². The summed E-state index contributed by atoms with van der Waals surface area (Å²) in [5, 5.41) is 2.89. The Morgan fingerprint density at radius 1 is 1.47 bits per heavy atom. The summed E-state index contributed by atoms with van der Waals surface area (Å²) in [6.45, 7) is 1.96. The van der Waals surface area contributed by atoms with Crippen molar-refractivity contribution in [3.05, 3.63) is 23.8 Å². The van der Waals surface area contributed by atoms with Gasteiger partial charge >= 0.3 is 0 Å². The molecule has 0 unspecified atom stereocenters. The third kappa shape index (κ3) is 2.42. The summed E-state index contributed by atoms with van der Waals surface area (Å²) >= 11 is 5.05. The first-order valence-corrected chi connectivity index (χ1v) is 6.66. The highest BCUT2D eigenvalue weighted by Crippen LogP contribution is 2.42. The van der Waals surface area contributed by atoms with Crippen molar-refractivity contribution in [3.63, 3.8) is 0 Å². The Balaban J connectivity index is 2.23. The molecule has 5 heteroatoms. The first kappa shape index (κ1) is 13.8. The van der Waals surface area contributed by atoms with Crippen LogP contribution in [0.3, 0.4) is 0 Å². The molecule has 2 rings (SSSR count). The summed E-state index contributed by atoms with van der Waals surface area (Å²) in [4.78, 5) is 12.7. The predicted octanol–water partition coefficient (Wildman–Crippen LogP) is 2.40. The molecule has 1 aromatic rings. The van der Waals surface area contributed by atoms with Crippen LogP contribution in [-0.4, -0.2) is 18.0 Å². The van der Waals surface area contributed by atoms with Gasteiger partial charge in [-0.1, -0.05) is 24.7 Å². The van der Waals surface area contributed by atoms with Crippen molar-refractivity contribution in [1.29, 1.82) is 0 Å². The Kier molecular flexibility index (Phi) is 3.75. The van der Waals surface area contributed by atoms with E-state index in [1.807, 2.05) is 25.1 Å². The van der Waals surface area contributed by atoms with Gasteiger partial charge in [0.2, 0.25) is 5.91 Å². The monoisotopic (exact) mass is 278 g/mol. The second-order valence-electron chi connectivity index (χ2n) is 4.96. The van der Waals surface area contributed by atoms with Gasteiger partial charge in [-0.3, -0.25) is 4.79 Å². The molecule has 0 bridgehead atoms. The van der Waals surface area contributed by atoms with Crippen LogP contribution in [0.1, 0.15) is 24.8 Å². The van der Waals surface area contributed by atoms with Crippen LogP contribution in [0.2, 0.25) is 0 Å². The second kappa shape index (κ2) is 5.17. The van der Waals surface area contributed by atoms with E-state index in [-0.39, 0.29) is 10.9 Å². The molecule has 1 aliphatic rings. The number of hydrogen-bond donors (Lipinski definition) is 2. The number of nitrogens with two attached hydrogens (primary N) is 1. The number of rotatable bonds is 4. The lowest BCUT2D eigenvalue weighted by Crippen LogP contribution is -2.50. The maximum Gasteiger partial charge on any atom is 0.237 e. The molecule has 19 heavy (non-hydrogen) atoms. The van der Waals surface area contributed by atoms with E-state index in [0.29, 0.717) is 11.4 Å². The van der Waals surface area contributed by atoms with Crippen LogP contribution in [0.4, 0.5) is 5.69 Å². The molecule has 0 saturated heterocycles. The highest BCUT2D eigenvalue weighted by molar-refractivity contribution is 7.80. The summed E-state index contributed by atoms with van der Waals surface area (Å²) in [5.74, 6) is 0.506. The number of carbonyl (C=O) groups excluding carboxylic acids is 1. The molecule has 0 spiro atoms. The van der Waals surface area contributed by atoms with Crippen LogP contribution < -0.4 is 15.8 Å². The lowest BCUT2D eigenvalue weighted by Gasteiger charge is -2.39. The van der Waals surface area contributed by atoms with Crippen molar-refractivity contribution in [2.24, 2.45) is 11.1 Å². The van der Waals surface area contributed by atoms with Gasteiger partial charge in [0, 0.05) is 0 Å². The number of ether oxygens (including phenoxy) is 1. The smallest absolute Gasteiger partial charge is 0.237 e. The van der Waals surface area contributed by atoms with Crippen LogP contribution in [0.25, 0.3) is 0 Å². The number of amides is 1. The van der Waals surface area contributed by atoms with Gasteiger partial charge in [0.15, 0.2) is 0 Å². The van der Waals surface area contributed by atoms with E-state index < -0.39 is 5.41 Å². The van der Waals surface area contributed by atoms with Gasteiger partial charge in [0.1, 0.15) is 5.75 Å². The van der Waals surface area contributed by atoms with Gasteiger partial charge in [-0.25, -0.2) is 0 Å². The molecule has 0 radical (unpaired) electrons. The van der Waals surface area contributed by atoms with E-state index in [1.165, 1.54) is 0 Å². The minimum absolute atomic E-state index is 0.129. The van der Waals surface area contributed by atoms with Crippen LogP contribution in [0.15, 0.2) is 18.2 Å². The van der Waals surface area contributed by atoms with Gasteiger partial charge in [-0.2, -0.15) is 0 Å². The molecule has 1 aliphatic carbocycles. The topological polar surface area (TPSA) is 64.3 Å². The van der Waals surface area contributed by atoms with Crippen LogP contribution in [0, 0.1) is 12.3 Å². The molecule has 102 valence electrons. The normalized spacial score (nSPS) is 16.3. The third-order valence-electron chi connectivity index (χ3n) is 3.72. The Morgan fingerprint density at radius 3 is 2.63 bits per heavy atom. The minimum atomic E-state index is -0.676. The lowest BCUT2D eigenvalue weighted by molar-refractivity contribution is -0.125. The van der Waals surface area contributed by atoms with Crippen molar-refractivity contribution in [2.45, 2.75) is 26.2 Å². The maximum absolute atomic E-state index is 12.4. The fraction of sp³-hybridized carbons (Fsp3) is 0.429. The number of hydrogen-bond acceptors (Lipinski definition) is 3. The number of aryl methyl sites for hydroxylation is 1. The molecule has 1 fully saturated rings. The zero-order valence-electron chi connectivity index (χ0n) is 11.2. The SMILES string of the molecule is COc1ccc(C)cc1NC(=O)C1(C(N)=S)CCC1. The predicted molar refractivity (Wildman–Crippen MR) is 79.4 cm³/mol. The Bertz CT molecular complexity index is 524. The molecule has 0 aliphatic heterocycles. The fourth-order valence-corrected chi connectivity index (χ4v) is 2.57. The lowest BCUT2D eigenvalue weighted by atomic mass is 9.68. The molecule has 1 amide bonds. The second-order valence-corrected chi connectivity index (χ2v) is 5.40. The van der Waals surface area contributed by atoms with E-state index in [0.717, 1.165) is 24.8 Å². The van der Waals surface area contributed by atoms with E-state index >= 15 is 0 Å². The standard InChI is InChI=1S/C14H18N2O2S/c1-9-4-5-11(18-2)10(8-9)16-13(17)14(12(15)19)6-3-7-14/h4-5,8H,3,6-7H2,1-2H3,(H2,15,19)(H,16,17). The molecular formula is C14H18N2O2S. The molecular weight excluding hydrogens is 260 g/mol. The summed E-state index contributed by atoms with van der Waals surface area (Å²) in [5.41, 5.74) is 6.76. The van der Waals surface area contributed by atoms with Gasteiger partial charge in [-0.15, -0.1) is 0 Å². The van der Waals surface area contributed by atoms with Crippen molar-refractivity contribution in [3.8, 4) is 5.75 Å². The molecule has 1 saturated carbocycles. The van der Waals surface area contributed by atoms with Crippen LogP contribution in [-0.2, 0) is 4.79 Å². The maximum atomic E-state index is 12.4. The number of thiocarbonyl (C=S) groups is 1. The summed E-state index contributed by atoms with van der Waals surface area (Å²) in [7, 11) is 1.58. The summed E-state index contributed by atoms with van der Waals surface area (Å²) in [6, 6.07) is 5.64. The number of benzene rings is 1.